The Hall–Kier alpha value is -2.16. The summed E-state index contributed by atoms with van der Waals surface area (Å²) in [5.41, 5.74) is 4.79. The predicted molar refractivity (Wildman–Crippen MR) is 85.9 cm³/mol. The van der Waals surface area contributed by atoms with Gasteiger partial charge in [0.1, 0.15) is 17.5 Å². The second-order valence-electron chi connectivity index (χ2n) is 4.55. The van der Waals surface area contributed by atoms with E-state index in [0.29, 0.717) is 0 Å². The number of thioether (sulfide) groups is 1. The summed E-state index contributed by atoms with van der Waals surface area (Å²) >= 11 is 1.32. The van der Waals surface area contributed by atoms with Crippen LogP contribution in [0.15, 0.2) is 83.3 Å². The molecule has 0 aromatic heterocycles. The first-order valence-corrected chi connectivity index (χ1v) is 7.41. The van der Waals surface area contributed by atoms with Gasteiger partial charge in [-0.2, -0.15) is 0 Å². The molecular weight excluding hydrogens is 305 g/mol. The first kappa shape index (κ1) is 16.2. The maximum Gasteiger partial charge on any atom is 0.127 e. The molecule has 0 saturated heterocycles. The Labute approximate surface area is 131 Å². The third-order valence-electron chi connectivity index (χ3n) is 2.90. The molecule has 1 aromatic rings. The van der Waals surface area contributed by atoms with Crippen LogP contribution in [0, 0.1) is 11.6 Å². The third kappa shape index (κ3) is 4.17. The van der Waals surface area contributed by atoms with E-state index < -0.39 is 17.5 Å². The van der Waals surface area contributed by atoms with E-state index in [2.05, 4.69) is 18.9 Å². The molecule has 0 heterocycles. The number of benzene rings is 1. The van der Waals surface area contributed by atoms with Gasteiger partial charge in [-0.1, -0.05) is 19.2 Å². The Balaban J connectivity index is 1.98. The SMILES string of the molecule is C=C=C(SCc1cc(F)ccc1F)C1=CC(C=CC(=C)F)=C1. The van der Waals surface area contributed by atoms with Crippen molar-refractivity contribution in [1.29, 1.82) is 0 Å². The zero-order valence-corrected chi connectivity index (χ0v) is 12.5. The molecule has 0 amide bonds. The summed E-state index contributed by atoms with van der Waals surface area (Å²) in [6.45, 7) is 6.74. The summed E-state index contributed by atoms with van der Waals surface area (Å²) in [7, 11) is 0. The number of halogens is 3. The minimum absolute atomic E-state index is 0.277. The van der Waals surface area contributed by atoms with Crippen molar-refractivity contribution < 1.29 is 13.2 Å². The highest BCUT2D eigenvalue weighted by Crippen LogP contribution is 2.34. The lowest BCUT2D eigenvalue weighted by Gasteiger charge is -2.14. The maximum absolute atomic E-state index is 13.6. The summed E-state index contributed by atoms with van der Waals surface area (Å²) < 4.78 is 39.2. The molecule has 0 unspecified atom stereocenters. The first-order valence-electron chi connectivity index (χ1n) is 6.42. The third-order valence-corrected chi connectivity index (χ3v) is 4.03. The van der Waals surface area contributed by atoms with Crippen LogP contribution in [-0.2, 0) is 5.75 Å². The van der Waals surface area contributed by atoms with Gasteiger partial charge in [0.2, 0.25) is 0 Å². The molecule has 0 spiro atoms. The van der Waals surface area contributed by atoms with Crippen LogP contribution in [0.1, 0.15) is 5.56 Å². The van der Waals surface area contributed by atoms with Gasteiger partial charge in [0.05, 0.1) is 4.91 Å². The molecule has 0 aliphatic heterocycles. The van der Waals surface area contributed by atoms with Gasteiger partial charge in [-0.3, -0.25) is 0 Å². The lowest BCUT2D eigenvalue weighted by atomic mass is 9.98. The van der Waals surface area contributed by atoms with Crippen LogP contribution in [0.25, 0.3) is 0 Å². The van der Waals surface area contributed by atoms with Crippen molar-refractivity contribution in [2.24, 2.45) is 0 Å². The molecule has 22 heavy (non-hydrogen) atoms. The average Bonchev–Trinajstić information content (AvgIpc) is 2.43. The molecule has 0 N–H and O–H groups in total. The zero-order valence-electron chi connectivity index (χ0n) is 11.7. The second kappa shape index (κ2) is 7.21. The summed E-state index contributed by atoms with van der Waals surface area (Å²) in [4.78, 5) is 0.736. The highest BCUT2D eigenvalue weighted by atomic mass is 32.2. The van der Waals surface area contributed by atoms with Gasteiger partial charge in [0.25, 0.3) is 0 Å². The van der Waals surface area contributed by atoms with Gasteiger partial charge in [-0.05, 0) is 47.6 Å². The van der Waals surface area contributed by atoms with Crippen LogP contribution < -0.4 is 0 Å². The molecule has 0 nitrogen and oxygen atoms in total. The molecule has 0 bridgehead atoms. The van der Waals surface area contributed by atoms with Crippen LogP contribution in [0.5, 0.6) is 0 Å². The van der Waals surface area contributed by atoms with Crippen LogP contribution >= 0.6 is 11.8 Å². The van der Waals surface area contributed by atoms with Crippen LogP contribution in [0.4, 0.5) is 13.2 Å². The number of allylic oxidation sites excluding steroid dienone is 7. The standard InChI is InChI=1S/C18H13F3S/c1-3-18(14-8-13(9-14)5-4-12(2)19)22-11-15-10-16(20)6-7-17(15)21/h4-10H,1-2,11H2. The minimum atomic E-state index is -0.516. The summed E-state index contributed by atoms with van der Waals surface area (Å²) in [5.74, 6) is -1.15. The molecule has 0 fully saturated rings. The van der Waals surface area contributed by atoms with Crippen molar-refractivity contribution in [2.45, 2.75) is 5.75 Å². The Morgan fingerprint density at radius 3 is 2.64 bits per heavy atom. The van der Waals surface area contributed by atoms with E-state index in [9.17, 15) is 13.2 Å². The summed E-state index contributed by atoms with van der Waals surface area (Å²) in [5, 5.41) is 0. The Bertz CT molecular complexity index is 748. The molecular formula is C18H13F3S. The van der Waals surface area contributed by atoms with Crippen molar-refractivity contribution in [1.82, 2.24) is 0 Å². The van der Waals surface area contributed by atoms with Gasteiger partial charge >= 0.3 is 0 Å². The number of hydrogen-bond donors (Lipinski definition) is 0. The molecule has 1 aromatic carbocycles. The van der Waals surface area contributed by atoms with Crippen molar-refractivity contribution >= 4 is 11.8 Å². The van der Waals surface area contributed by atoms with E-state index in [4.69, 9.17) is 0 Å². The van der Waals surface area contributed by atoms with Crippen molar-refractivity contribution in [3.8, 4) is 0 Å². The fraction of sp³-hybridized carbons (Fsp3) is 0.0556. The Kier molecular flexibility index (Phi) is 5.31. The van der Waals surface area contributed by atoms with Crippen molar-refractivity contribution in [3.05, 3.63) is 100 Å². The average molecular weight is 318 g/mol. The van der Waals surface area contributed by atoms with Gasteiger partial charge in [-0.15, -0.1) is 17.5 Å². The molecule has 112 valence electrons. The lowest BCUT2D eigenvalue weighted by Crippen LogP contribution is -1.95. The van der Waals surface area contributed by atoms with Crippen LogP contribution in [0.2, 0.25) is 0 Å². The van der Waals surface area contributed by atoms with Crippen molar-refractivity contribution in [2.75, 3.05) is 0 Å². The maximum atomic E-state index is 13.6. The molecule has 0 saturated carbocycles. The van der Waals surface area contributed by atoms with Crippen LogP contribution in [-0.4, -0.2) is 0 Å². The van der Waals surface area contributed by atoms with E-state index in [1.54, 1.807) is 6.08 Å². The smallest absolute Gasteiger partial charge is 0.127 e. The highest BCUT2D eigenvalue weighted by molar-refractivity contribution is 8.02. The van der Waals surface area contributed by atoms with Crippen LogP contribution in [0.3, 0.4) is 0 Å². The molecule has 4 heteroatoms. The number of hydrogen-bond acceptors (Lipinski definition) is 1. The second-order valence-corrected chi connectivity index (χ2v) is 5.54. The minimum Gasteiger partial charge on any atom is -0.208 e. The molecule has 1 aliphatic carbocycles. The summed E-state index contributed by atoms with van der Waals surface area (Å²) in [6.07, 6.45) is 6.54. The van der Waals surface area contributed by atoms with Gasteiger partial charge in [0.15, 0.2) is 0 Å². The normalized spacial score (nSPS) is 13.2. The fourth-order valence-electron chi connectivity index (χ4n) is 1.80. The van der Waals surface area contributed by atoms with E-state index >= 15 is 0 Å². The molecule has 0 atom stereocenters. The first-order chi connectivity index (χ1) is 10.5. The topological polar surface area (TPSA) is 0 Å². The van der Waals surface area contributed by atoms with Gasteiger partial charge in [0, 0.05) is 11.3 Å². The molecule has 1 aliphatic rings. The Morgan fingerprint density at radius 2 is 2.00 bits per heavy atom. The largest absolute Gasteiger partial charge is 0.208 e. The number of rotatable bonds is 6. The highest BCUT2D eigenvalue weighted by Gasteiger charge is 2.13. The quantitative estimate of drug-likeness (QED) is 0.474. The van der Waals surface area contributed by atoms with E-state index in [-0.39, 0.29) is 11.3 Å². The van der Waals surface area contributed by atoms with Gasteiger partial charge < -0.3 is 0 Å². The molecule has 2 rings (SSSR count). The monoisotopic (exact) mass is 318 g/mol. The Morgan fingerprint density at radius 1 is 1.27 bits per heavy atom. The molecule has 0 radical (unpaired) electrons. The summed E-state index contributed by atoms with van der Waals surface area (Å²) in [6, 6.07) is 3.37. The zero-order chi connectivity index (χ0) is 16.1. The van der Waals surface area contributed by atoms with Gasteiger partial charge in [-0.25, -0.2) is 13.2 Å². The predicted octanol–water partition coefficient (Wildman–Crippen LogP) is 5.77. The fourth-order valence-corrected chi connectivity index (χ4v) is 2.71. The van der Waals surface area contributed by atoms with E-state index in [0.717, 1.165) is 28.2 Å². The van der Waals surface area contributed by atoms with E-state index in [1.807, 2.05) is 12.2 Å². The van der Waals surface area contributed by atoms with Crippen molar-refractivity contribution in [3.63, 3.8) is 0 Å². The lowest BCUT2D eigenvalue weighted by molar-refractivity contribution is 0.591. The van der Waals surface area contributed by atoms with E-state index in [1.165, 1.54) is 23.9 Å².